The zero-order chi connectivity index (χ0) is 15.7. The van der Waals surface area contributed by atoms with Gasteiger partial charge in [-0.3, -0.25) is 0 Å². The van der Waals surface area contributed by atoms with Gasteiger partial charge < -0.3 is 15.1 Å². The number of likely N-dealkylation sites (N-methyl/N-ethyl adjacent to an activating group) is 2. The molecule has 0 aliphatic rings. The lowest BCUT2D eigenvalue weighted by molar-refractivity contribution is 0.268. The van der Waals surface area contributed by atoms with Crippen LogP contribution >= 0.6 is 0 Å². The average Bonchev–Trinajstić information content (AvgIpc) is 2.46. The molecule has 0 fully saturated rings. The highest BCUT2D eigenvalue weighted by atomic mass is 15.1. The van der Waals surface area contributed by atoms with Crippen molar-refractivity contribution in [3.8, 4) is 0 Å². The van der Waals surface area contributed by atoms with Gasteiger partial charge in [0, 0.05) is 19.1 Å². The zero-order valence-electron chi connectivity index (χ0n) is 14.5. The third kappa shape index (κ3) is 7.07. The molecule has 0 bridgehead atoms. The molecule has 1 aromatic carbocycles. The Labute approximate surface area is 131 Å². The summed E-state index contributed by atoms with van der Waals surface area (Å²) >= 11 is 0. The molecule has 0 saturated carbocycles. The molecule has 0 aromatic heterocycles. The third-order valence-electron chi connectivity index (χ3n) is 3.93. The molecule has 0 amide bonds. The number of nitrogens with zero attached hydrogens (tertiary/aromatic N) is 2. The summed E-state index contributed by atoms with van der Waals surface area (Å²) in [4.78, 5) is 4.67. The second-order valence-corrected chi connectivity index (χ2v) is 6.26. The molecule has 21 heavy (non-hydrogen) atoms. The van der Waals surface area contributed by atoms with Gasteiger partial charge in [-0.25, -0.2) is 0 Å². The summed E-state index contributed by atoms with van der Waals surface area (Å²) in [5.41, 5.74) is 2.84. The van der Waals surface area contributed by atoms with E-state index in [4.69, 9.17) is 0 Å². The van der Waals surface area contributed by atoms with Crippen LogP contribution in [0.3, 0.4) is 0 Å². The second kappa shape index (κ2) is 9.93. The molecule has 3 heteroatoms. The van der Waals surface area contributed by atoms with Gasteiger partial charge in [-0.05, 0) is 65.1 Å². The molecule has 3 nitrogen and oxygen atoms in total. The fraction of sp³-hybridized carbons (Fsp3) is 0.667. The molecular weight excluding hydrogens is 258 g/mol. The van der Waals surface area contributed by atoms with E-state index < -0.39 is 0 Å². The summed E-state index contributed by atoms with van der Waals surface area (Å²) < 4.78 is 0. The molecule has 120 valence electrons. The fourth-order valence-electron chi connectivity index (χ4n) is 2.50. The molecule has 1 aromatic rings. The van der Waals surface area contributed by atoms with Gasteiger partial charge >= 0.3 is 0 Å². The Morgan fingerprint density at radius 3 is 2.38 bits per heavy atom. The minimum atomic E-state index is 0.466. The Bertz CT molecular complexity index is 390. The topological polar surface area (TPSA) is 18.5 Å². The third-order valence-corrected chi connectivity index (χ3v) is 3.93. The van der Waals surface area contributed by atoms with Gasteiger partial charge in [-0.2, -0.15) is 0 Å². The molecule has 0 aliphatic heterocycles. The smallest absolute Gasteiger partial charge is 0.0335 e. The van der Waals surface area contributed by atoms with Gasteiger partial charge in [0.05, 0.1) is 0 Å². The first-order chi connectivity index (χ1) is 10.0. The molecule has 1 rings (SSSR count). The van der Waals surface area contributed by atoms with Crippen molar-refractivity contribution in [1.29, 1.82) is 0 Å². The van der Waals surface area contributed by atoms with E-state index in [1.54, 1.807) is 0 Å². The lowest BCUT2D eigenvalue weighted by Crippen LogP contribution is -2.32. The molecule has 0 radical (unpaired) electrons. The molecule has 0 spiro atoms. The van der Waals surface area contributed by atoms with Crippen molar-refractivity contribution in [3.63, 3.8) is 0 Å². The van der Waals surface area contributed by atoms with E-state index >= 15 is 0 Å². The van der Waals surface area contributed by atoms with Crippen LogP contribution in [0.2, 0.25) is 0 Å². The predicted molar refractivity (Wildman–Crippen MR) is 92.9 cm³/mol. The molecule has 0 saturated heterocycles. The molecule has 0 heterocycles. The average molecular weight is 291 g/mol. The normalized spacial score (nSPS) is 13.1. The quantitative estimate of drug-likeness (QED) is 0.715. The van der Waals surface area contributed by atoms with Gasteiger partial charge in [0.1, 0.15) is 0 Å². The summed E-state index contributed by atoms with van der Waals surface area (Å²) in [5.74, 6) is 0. The summed E-state index contributed by atoms with van der Waals surface area (Å²) in [6.07, 6.45) is 2.34. The Kier molecular flexibility index (Phi) is 8.58. The largest absolute Gasteiger partial charge is 0.310 e. The number of hydrogen-bond acceptors (Lipinski definition) is 3. The molecule has 0 aliphatic carbocycles. The number of nitrogens with one attached hydrogen (secondary N) is 1. The Morgan fingerprint density at radius 1 is 1.05 bits per heavy atom. The monoisotopic (exact) mass is 291 g/mol. The van der Waals surface area contributed by atoms with Crippen LogP contribution in [-0.2, 0) is 0 Å². The van der Waals surface area contributed by atoms with Gasteiger partial charge in [0.2, 0.25) is 0 Å². The van der Waals surface area contributed by atoms with Crippen LogP contribution in [0.25, 0.3) is 0 Å². The number of aryl methyl sites for hydroxylation is 1. The Balaban J connectivity index is 2.56. The first-order valence-electron chi connectivity index (χ1n) is 8.16. The van der Waals surface area contributed by atoms with Crippen molar-refractivity contribution < 1.29 is 0 Å². The minimum absolute atomic E-state index is 0.466. The highest BCUT2D eigenvalue weighted by molar-refractivity contribution is 5.28. The highest BCUT2D eigenvalue weighted by Crippen LogP contribution is 2.20. The van der Waals surface area contributed by atoms with E-state index in [9.17, 15) is 0 Å². The van der Waals surface area contributed by atoms with Gasteiger partial charge in [0.25, 0.3) is 0 Å². The molecule has 1 unspecified atom stereocenters. The lowest BCUT2D eigenvalue weighted by Gasteiger charge is -2.25. The summed E-state index contributed by atoms with van der Waals surface area (Å²) in [6, 6.07) is 9.22. The van der Waals surface area contributed by atoms with E-state index in [0.717, 1.165) is 32.6 Å². The van der Waals surface area contributed by atoms with Crippen LogP contribution in [0, 0.1) is 6.92 Å². The minimum Gasteiger partial charge on any atom is -0.310 e. The van der Waals surface area contributed by atoms with Crippen LogP contribution in [0.5, 0.6) is 0 Å². The van der Waals surface area contributed by atoms with Crippen molar-refractivity contribution >= 4 is 0 Å². The van der Waals surface area contributed by atoms with E-state index in [0.29, 0.717) is 6.04 Å². The van der Waals surface area contributed by atoms with Crippen LogP contribution in [-0.4, -0.2) is 57.1 Å². The van der Waals surface area contributed by atoms with Crippen molar-refractivity contribution in [3.05, 3.63) is 35.4 Å². The maximum absolute atomic E-state index is 3.71. The van der Waals surface area contributed by atoms with Gasteiger partial charge in [-0.1, -0.05) is 31.2 Å². The van der Waals surface area contributed by atoms with Crippen LogP contribution < -0.4 is 5.32 Å². The summed E-state index contributed by atoms with van der Waals surface area (Å²) in [5, 5.41) is 3.71. The SMILES string of the molecule is CCCNC(CCN(C)CCN(C)C)c1ccccc1C. The van der Waals surface area contributed by atoms with Crippen LogP contribution in [0.1, 0.15) is 36.9 Å². The van der Waals surface area contributed by atoms with Crippen LogP contribution in [0.15, 0.2) is 24.3 Å². The standard InChI is InChI=1S/C18H33N3/c1-6-12-19-18(17-10-8-7-9-16(17)2)11-13-21(5)15-14-20(3)4/h7-10,18-19H,6,11-15H2,1-5H3. The van der Waals surface area contributed by atoms with E-state index in [1.807, 2.05) is 0 Å². The van der Waals surface area contributed by atoms with E-state index in [2.05, 4.69) is 74.4 Å². The molecular formula is C18H33N3. The van der Waals surface area contributed by atoms with Crippen molar-refractivity contribution in [1.82, 2.24) is 15.1 Å². The number of benzene rings is 1. The molecule has 1 atom stereocenters. The Hall–Kier alpha value is -0.900. The first-order valence-corrected chi connectivity index (χ1v) is 8.16. The summed E-state index contributed by atoms with van der Waals surface area (Å²) in [6.45, 7) is 8.90. The lowest BCUT2D eigenvalue weighted by atomic mass is 9.98. The molecule has 1 N–H and O–H groups in total. The first kappa shape index (κ1) is 18.1. The Morgan fingerprint density at radius 2 is 1.76 bits per heavy atom. The summed E-state index contributed by atoms with van der Waals surface area (Å²) in [7, 11) is 6.48. The number of hydrogen-bond donors (Lipinski definition) is 1. The van der Waals surface area contributed by atoms with Crippen molar-refractivity contribution in [2.75, 3.05) is 47.3 Å². The zero-order valence-corrected chi connectivity index (χ0v) is 14.5. The second-order valence-electron chi connectivity index (χ2n) is 6.26. The van der Waals surface area contributed by atoms with E-state index in [-0.39, 0.29) is 0 Å². The fourth-order valence-corrected chi connectivity index (χ4v) is 2.50. The van der Waals surface area contributed by atoms with E-state index in [1.165, 1.54) is 17.5 Å². The predicted octanol–water partition coefficient (Wildman–Crippen LogP) is 2.92. The van der Waals surface area contributed by atoms with Crippen molar-refractivity contribution in [2.45, 2.75) is 32.7 Å². The maximum atomic E-state index is 3.71. The maximum Gasteiger partial charge on any atom is 0.0335 e. The van der Waals surface area contributed by atoms with Crippen LogP contribution in [0.4, 0.5) is 0 Å². The van der Waals surface area contributed by atoms with Gasteiger partial charge in [0.15, 0.2) is 0 Å². The number of rotatable bonds is 10. The highest BCUT2D eigenvalue weighted by Gasteiger charge is 2.13. The van der Waals surface area contributed by atoms with Crippen molar-refractivity contribution in [2.24, 2.45) is 0 Å². The van der Waals surface area contributed by atoms with Gasteiger partial charge in [-0.15, -0.1) is 0 Å².